The Labute approximate surface area is 116 Å². The molecule has 1 saturated heterocycles. The predicted molar refractivity (Wildman–Crippen MR) is 79.3 cm³/mol. The first-order valence-corrected chi connectivity index (χ1v) is 7.21. The van der Waals surface area contributed by atoms with Crippen molar-refractivity contribution in [2.24, 2.45) is 11.1 Å². The number of hydrogen-bond donors (Lipinski definition) is 1. The van der Waals surface area contributed by atoms with E-state index in [2.05, 4.69) is 30.9 Å². The zero-order chi connectivity index (χ0) is 13.9. The van der Waals surface area contributed by atoms with Gasteiger partial charge in [0.05, 0.1) is 6.61 Å². The summed E-state index contributed by atoms with van der Waals surface area (Å²) < 4.78 is 5.46. The molecular weight excluding hydrogens is 236 g/mol. The standard InChI is InChI=1S/C16H26N2O/c1-4-19-14-7-5-13(6-8-14)11-18-10-9-16(2,3)15(17)12-18/h5-8,15H,4,9-12,17H2,1-3H3. The van der Waals surface area contributed by atoms with Gasteiger partial charge in [-0.1, -0.05) is 26.0 Å². The summed E-state index contributed by atoms with van der Waals surface area (Å²) in [6.07, 6.45) is 1.17. The van der Waals surface area contributed by atoms with Crippen LogP contribution in [0.15, 0.2) is 24.3 Å². The molecule has 1 aliphatic rings. The van der Waals surface area contributed by atoms with Gasteiger partial charge in [0.25, 0.3) is 0 Å². The van der Waals surface area contributed by atoms with Crippen LogP contribution in [0.4, 0.5) is 0 Å². The van der Waals surface area contributed by atoms with E-state index >= 15 is 0 Å². The van der Waals surface area contributed by atoms with Crippen LogP contribution in [0.2, 0.25) is 0 Å². The van der Waals surface area contributed by atoms with Gasteiger partial charge >= 0.3 is 0 Å². The summed E-state index contributed by atoms with van der Waals surface area (Å²) in [5, 5.41) is 0. The maximum atomic E-state index is 6.26. The van der Waals surface area contributed by atoms with E-state index < -0.39 is 0 Å². The van der Waals surface area contributed by atoms with Gasteiger partial charge in [0.2, 0.25) is 0 Å². The van der Waals surface area contributed by atoms with Crippen molar-refractivity contribution < 1.29 is 4.74 Å². The zero-order valence-corrected chi connectivity index (χ0v) is 12.4. The normalized spacial score (nSPS) is 23.3. The van der Waals surface area contributed by atoms with Gasteiger partial charge in [0, 0.05) is 19.1 Å². The van der Waals surface area contributed by atoms with Gasteiger partial charge in [-0.2, -0.15) is 0 Å². The van der Waals surface area contributed by atoms with E-state index in [1.807, 2.05) is 19.1 Å². The number of benzene rings is 1. The number of hydrogen-bond acceptors (Lipinski definition) is 3. The minimum absolute atomic E-state index is 0.268. The van der Waals surface area contributed by atoms with Crippen LogP contribution >= 0.6 is 0 Å². The molecule has 3 heteroatoms. The molecule has 1 aromatic carbocycles. The molecule has 1 fully saturated rings. The summed E-state index contributed by atoms with van der Waals surface area (Å²) in [6, 6.07) is 8.66. The zero-order valence-electron chi connectivity index (χ0n) is 12.4. The van der Waals surface area contributed by atoms with Crippen molar-refractivity contribution in [1.82, 2.24) is 4.90 Å². The summed E-state index contributed by atoms with van der Waals surface area (Å²) in [6.45, 7) is 10.4. The lowest BCUT2D eigenvalue weighted by Crippen LogP contribution is -2.52. The van der Waals surface area contributed by atoms with Gasteiger partial charge in [-0.3, -0.25) is 4.90 Å². The molecule has 0 aromatic heterocycles. The van der Waals surface area contributed by atoms with Gasteiger partial charge in [-0.25, -0.2) is 0 Å². The minimum Gasteiger partial charge on any atom is -0.494 e. The molecular formula is C16H26N2O. The van der Waals surface area contributed by atoms with E-state index in [1.54, 1.807) is 0 Å². The van der Waals surface area contributed by atoms with Crippen molar-refractivity contribution in [3.63, 3.8) is 0 Å². The molecule has 2 rings (SSSR count). The number of nitrogens with zero attached hydrogens (tertiary/aromatic N) is 1. The Morgan fingerprint density at radius 2 is 2.00 bits per heavy atom. The fourth-order valence-corrected chi connectivity index (χ4v) is 2.51. The first-order valence-electron chi connectivity index (χ1n) is 7.21. The van der Waals surface area contributed by atoms with Crippen LogP contribution in [-0.4, -0.2) is 30.6 Å². The van der Waals surface area contributed by atoms with Crippen molar-refractivity contribution in [3.8, 4) is 5.75 Å². The largest absolute Gasteiger partial charge is 0.494 e. The van der Waals surface area contributed by atoms with Crippen LogP contribution in [0.5, 0.6) is 5.75 Å². The molecule has 1 atom stereocenters. The minimum atomic E-state index is 0.268. The number of ether oxygens (including phenoxy) is 1. The number of rotatable bonds is 4. The Hall–Kier alpha value is -1.06. The fourth-order valence-electron chi connectivity index (χ4n) is 2.51. The monoisotopic (exact) mass is 262 g/mol. The van der Waals surface area contributed by atoms with Gasteiger partial charge in [-0.05, 0) is 43.0 Å². The smallest absolute Gasteiger partial charge is 0.119 e. The van der Waals surface area contributed by atoms with E-state index in [4.69, 9.17) is 10.5 Å². The van der Waals surface area contributed by atoms with Crippen LogP contribution in [0.3, 0.4) is 0 Å². The van der Waals surface area contributed by atoms with Gasteiger partial charge in [0.15, 0.2) is 0 Å². The second kappa shape index (κ2) is 5.93. The van der Waals surface area contributed by atoms with Crippen LogP contribution in [-0.2, 0) is 6.54 Å². The highest BCUT2D eigenvalue weighted by Gasteiger charge is 2.32. The third kappa shape index (κ3) is 3.71. The highest BCUT2D eigenvalue weighted by Crippen LogP contribution is 2.29. The number of piperidine rings is 1. The maximum absolute atomic E-state index is 6.26. The lowest BCUT2D eigenvalue weighted by Gasteiger charge is -2.42. The quantitative estimate of drug-likeness (QED) is 0.906. The molecule has 0 radical (unpaired) electrons. The molecule has 0 bridgehead atoms. The van der Waals surface area contributed by atoms with E-state index in [-0.39, 0.29) is 11.5 Å². The summed E-state index contributed by atoms with van der Waals surface area (Å²) in [4.78, 5) is 2.45. The van der Waals surface area contributed by atoms with Crippen molar-refractivity contribution in [2.45, 2.75) is 39.8 Å². The molecule has 0 spiro atoms. The summed E-state index contributed by atoms with van der Waals surface area (Å²) in [5.74, 6) is 0.947. The lowest BCUT2D eigenvalue weighted by molar-refractivity contribution is 0.101. The van der Waals surface area contributed by atoms with Crippen LogP contribution in [0, 0.1) is 5.41 Å². The van der Waals surface area contributed by atoms with Crippen molar-refractivity contribution in [1.29, 1.82) is 0 Å². The molecule has 1 heterocycles. The maximum Gasteiger partial charge on any atom is 0.119 e. The molecule has 0 saturated carbocycles. The van der Waals surface area contributed by atoms with Crippen LogP contribution in [0.1, 0.15) is 32.8 Å². The summed E-state index contributed by atoms with van der Waals surface area (Å²) in [5.41, 5.74) is 7.86. The first kappa shape index (κ1) is 14.4. The van der Waals surface area contributed by atoms with Gasteiger partial charge < -0.3 is 10.5 Å². The average Bonchev–Trinajstić information content (AvgIpc) is 2.37. The van der Waals surface area contributed by atoms with E-state index in [1.165, 1.54) is 12.0 Å². The molecule has 19 heavy (non-hydrogen) atoms. The van der Waals surface area contributed by atoms with Crippen molar-refractivity contribution in [3.05, 3.63) is 29.8 Å². The third-order valence-corrected chi connectivity index (χ3v) is 4.17. The van der Waals surface area contributed by atoms with E-state index in [9.17, 15) is 0 Å². The second-order valence-electron chi connectivity index (χ2n) is 6.16. The summed E-state index contributed by atoms with van der Waals surface area (Å²) >= 11 is 0. The Morgan fingerprint density at radius 1 is 1.32 bits per heavy atom. The van der Waals surface area contributed by atoms with Crippen LogP contribution in [0.25, 0.3) is 0 Å². The SMILES string of the molecule is CCOc1ccc(CN2CCC(C)(C)C(N)C2)cc1. The molecule has 0 amide bonds. The van der Waals surface area contributed by atoms with E-state index in [0.29, 0.717) is 0 Å². The summed E-state index contributed by atoms with van der Waals surface area (Å²) in [7, 11) is 0. The third-order valence-electron chi connectivity index (χ3n) is 4.17. The highest BCUT2D eigenvalue weighted by atomic mass is 16.5. The Bertz CT molecular complexity index is 400. The molecule has 2 N–H and O–H groups in total. The number of likely N-dealkylation sites (tertiary alicyclic amines) is 1. The molecule has 0 aliphatic carbocycles. The van der Waals surface area contributed by atoms with Crippen molar-refractivity contribution in [2.75, 3.05) is 19.7 Å². The molecule has 3 nitrogen and oxygen atoms in total. The van der Waals surface area contributed by atoms with Gasteiger partial charge in [-0.15, -0.1) is 0 Å². The van der Waals surface area contributed by atoms with E-state index in [0.717, 1.165) is 32.0 Å². The average molecular weight is 262 g/mol. The topological polar surface area (TPSA) is 38.5 Å². The highest BCUT2D eigenvalue weighted by molar-refractivity contribution is 5.27. The Morgan fingerprint density at radius 3 is 2.58 bits per heavy atom. The second-order valence-corrected chi connectivity index (χ2v) is 6.16. The Balaban J connectivity index is 1.91. The molecule has 1 aromatic rings. The lowest BCUT2D eigenvalue weighted by atomic mass is 9.78. The van der Waals surface area contributed by atoms with Gasteiger partial charge in [0.1, 0.15) is 5.75 Å². The Kier molecular flexibility index (Phi) is 4.48. The predicted octanol–water partition coefficient (Wildman–Crippen LogP) is 2.64. The fraction of sp³-hybridized carbons (Fsp3) is 0.625. The van der Waals surface area contributed by atoms with Crippen LogP contribution < -0.4 is 10.5 Å². The number of nitrogens with two attached hydrogens (primary N) is 1. The molecule has 1 unspecified atom stereocenters. The first-order chi connectivity index (χ1) is 9.01. The molecule has 106 valence electrons. The molecule has 1 aliphatic heterocycles. The van der Waals surface area contributed by atoms with Crippen molar-refractivity contribution >= 4 is 0 Å².